The Balaban J connectivity index is 0.00000104. The third-order valence-electron chi connectivity index (χ3n) is 7.31. The van der Waals surface area contributed by atoms with Crippen LogP contribution in [0.3, 0.4) is 0 Å². The Morgan fingerprint density at radius 3 is 2.33 bits per heavy atom. The van der Waals surface area contributed by atoms with Crippen LogP contribution >= 0.6 is 0 Å². The number of anilines is 3. The summed E-state index contributed by atoms with van der Waals surface area (Å²) >= 11 is 0. The molecule has 0 aromatic heterocycles. The highest BCUT2D eigenvalue weighted by atomic mass is 19.1. The molecule has 0 atom stereocenters. The van der Waals surface area contributed by atoms with Crippen molar-refractivity contribution in [2.45, 2.75) is 13.3 Å². The van der Waals surface area contributed by atoms with Gasteiger partial charge in [0.1, 0.15) is 12.1 Å². The van der Waals surface area contributed by atoms with Gasteiger partial charge in [0.15, 0.2) is 0 Å². The van der Waals surface area contributed by atoms with E-state index in [1.54, 1.807) is 44.6 Å². The lowest BCUT2D eigenvalue weighted by Gasteiger charge is -2.28. The molecule has 2 aliphatic rings. The largest absolute Gasteiger partial charge is 0.400 e. The molecule has 2 aliphatic heterocycles. The topological polar surface area (TPSA) is 120 Å². The van der Waals surface area contributed by atoms with Crippen molar-refractivity contribution in [2.75, 3.05) is 76.3 Å². The molecule has 2 heterocycles. The number of aliphatic hydroxyl groups excluding tert-OH is 1. The van der Waals surface area contributed by atoms with Gasteiger partial charge in [0.2, 0.25) is 12.3 Å². The van der Waals surface area contributed by atoms with Crippen LogP contribution in [0.5, 0.6) is 0 Å². The molecule has 3 N–H and O–H groups in total. The van der Waals surface area contributed by atoms with Crippen LogP contribution in [0.25, 0.3) is 11.3 Å². The monoisotopic (exact) mass is 620 g/mol. The molecule has 5 rings (SSSR count). The van der Waals surface area contributed by atoms with Crippen LogP contribution in [0.2, 0.25) is 0 Å². The van der Waals surface area contributed by atoms with Crippen molar-refractivity contribution in [2.24, 2.45) is 0 Å². The molecule has 10 nitrogen and oxygen atoms in total. The van der Waals surface area contributed by atoms with Crippen molar-refractivity contribution in [3.63, 3.8) is 0 Å². The fraction of sp³-hybridized carbons (Fsp3) is 0.324. The summed E-state index contributed by atoms with van der Waals surface area (Å²) in [6.45, 7) is 5.72. The van der Waals surface area contributed by atoms with Gasteiger partial charge in [0, 0.05) is 74.8 Å². The van der Waals surface area contributed by atoms with Gasteiger partial charge in [-0.05, 0) is 78.6 Å². The van der Waals surface area contributed by atoms with E-state index in [4.69, 9.17) is 9.84 Å². The number of morpholine rings is 1. The third-order valence-corrected chi connectivity index (χ3v) is 7.31. The van der Waals surface area contributed by atoms with E-state index in [1.165, 1.54) is 12.1 Å². The summed E-state index contributed by atoms with van der Waals surface area (Å²) in [4.78, 5) is 39.7. The number of aliphatic hydroxyl groups is 1. The number of halogens is 1. The number of benzene rings is 3. The van der Waals surface area contributed by atoms with Gasteiger partial charge < -0.3 is 30.1 Å². The fourth-order valence-corrected chi connectivity index (χ4v) is 5.20. The minimum absolute atomic E-state index is 0.0816. The predicted molar refractivity (Wildman–Crippen MR) is 175 cm³/mol. The Labute approximate surface area is 263 Å². The van der Waals surface area contributed by atoms with Crippen molar-refractivity contribution in [3.05, 3.63) is 88.7 Å². The van der Waals surface area contributed by atoms with Gasteiger partial charge in [0.05, 0.1) is 19.8 Å². The summed E-state index contributed by atoms with van der Waals surface area (Å²) in [5, 5.41) is 13.2. The molecule has 0 unspecified atom stereocenters. The van der Waals surface area contributed by atoms with Crippen molar-refractivity contribution in [3.8, 4) is 0 Å². The number of carbonyl (C=O) groups excluding carboxylic acids is 3. The second kappa shape index (κ2) is 17.8. The van der Waals surface area contributed by atoms with Crippen molar-refractivity contribution in [1.82, 2.24) is 4.90 Å². The molecule has 0 saturated carbocycles. The lowest BCUT2D eigenvalue weighted by atomic mass is 9.97. The summed E-state index contributed by atoms with van der Waals surface area (Å²) in [5.74, 6) is -0.267. The van der Waals surface area contributed by atoms with Gasteiger partial charge in [-0.2, -0.15) is 0 Å². The molecule has 45 heavy (non-hydrogen) atoms. The first-order valence-corrected chi connectivity index (χ1v) is 14.5. The highest BCUT2D eigenvalue weighted by Crippen LogP contribution is 2.35. The van der Waals surface area contributed by atoms with E-state index in [2.05, 4.69) is 20.3 Å². The Morgan fingerprint density at radius 2 is 1.69 bits per heavy atom. The number of allylic oxidation sites excluding steroid dienone is 1. The van der Waals surface area contributed by atoms with Crippen LogP contribution in [-0.2, 0) is 25.5 Å². The van der Waals surface area contributed by atoms with Gasteiger partial charge in [-0.15, -0.1) is 0 Å². The number of carbonyl (C=O) groups is 3. The number of ether oxygens (including phenoxy) is 2. The standard InChI is InChI=1S/C31H31FN4O4.C2H6O.CH4O/c1-21(27-8-2-22(19-37)16-28(27)33-20-38)31(23-3-5-25(32)6-4-23)34-26-7-9-29-24(17-26)10-11-36(29)30(39)18-35-12-14-40-15-13-35;1-3-2;1-2/h2-9,16-17,19-20,34H,10-15,18H2,1H3,(H,33,38);1-2H3;2H,1H3/b31-21+;;. The molecule has 11 heteroatoms. The van der Waals surface area contributed by atoms with Gasteiger partial charge in [0.25, 0.3) is 0 Å². The zero-order chi connectivity index (χ0) is 32.8. The maximum atomic E-state index is 13.8. The number of hydrogen-bond donors (Lipinski definition) is 3. The van der Waals surface area contributed by atoms with Crippen molar-refractivity contribution in [1.29, 1.82) is 0 Å². The Hall–Kier alpha value is -4.42. The lowest BCUT2D eigenvalue weighted by molar-refractivity contribution is -0.120. The zero-order valence-electron chi connectivity index (χ0n) is 26.1. The number of amides is 2. The number of rotatable bonds is 9. The van der Waals surface area contributed by atoms with Crippen LogP contribution in [0.1, 0.15) is 34.0 Å². The van der Waals surface area contributed by atoms with E-state index >= 15 is 0 Å². The average molecular weight is 621 g/mol. The summed E-state index contributed by atoms with van der Waals surface area (Å²) in [6.07, 6.45) is 2.03. The van der Waals surface area contributed by atoms with Gasteiger partial charge in [-0.25, -0.2) is 4.39 Å². The second-order valence-electron chi connectivity index (χ2n) is 10.3. The number of aldehydes is 1. The molecular weight excluding hydrogens is 579 g/mol. The molecule has 0 radical (unpaired) electrons. The minimum atomic E-state index is -0.348. The van der Waals surface area contributed by atoms with E-state index in [-0.39, 0.29) is 11.7 Å². The summed E-state index contributed by atoms with van der Waals surface area (Å²) in [5.41, 5.74) is 6.68. The van der Waals surface area contributed by atoms with E-state index in [9.17, 15) is 18.8 Å². The van der Waals surface area contributed by atoms with Crippen molar-refractivity contribution < 1.29 is 33.4 Å². The zero-order valence-corrected chi connectivity index (χ0v) is 26.1. The van der Waals surface area contributed by atoms with Crippen LogP contribution < -0.4 is 15.5 Å². The number of hydrogen-bond acceptors (Lipinski definition) is 8. The molecule has 240 valence electrons. The van der Waals surface area contributed by atoms with Crippen LogP contribution in [0.4, 0.5) is 21.5 Å². The second-order valence-corrected chi connectivity index (χ2v) is 10.3. The van der Waals surface area contributed by atoms with Crippen molar-refractivity contribution >= 4 is 46.9 Å². The number of nitrogens with one attached hydrogen (secondary N) is 2. The summed E-state index contributed by atoms with van der Waals surface area (Å²) < 4.78 is 23.4. The molecule has 3 aromatic rings. The Bertz CT molecular complexity index is 1470. The molecule has 0 spiro atoms. The molecule has 0 aliphatic carbocycles. The predicted octanol–water partition coefficient (Wildman–Crippen LogP) is 4.30. The first-order valence-electron chi connectivity index (χ1n) is 14.5. The minimum Gasteiger partial charge on any atom is -0.400 e. The first-order chi connectivity index (χ1) is 21.9. The van der Waals surface area contributed by atoms with Gasteiger partial charge in [-0.3, -0.25) is 19.3 Å². The lowest BCUT2D eigenvalue weighted by Crippen LogP contribution is -2.44. The maximum absolute atomic E-state index is 13.8. The van der Waals surface area contributed by atoms with E-state index in [1.807, 2.05) is 30.0 Å². The maximum Gasteiger partial charge on any atom is 0.241 e. The Morgan fingerprint density at radius 1 is 1.00 bits per heavy atom. The normalized spacial score (nSPS) is 14.5. The quantitative estimate of drug-likeness (QED) is 0.239. The van der Waals surface area contributed by atoms with Gasteiger partial charge in [-0.1, -0.05) is 12.1 Å². The number of nitrogens with zero attached hydrogens (tertiary/aromatic N) is 2. The number of fused-ring (bicyclic) bond motifs is 1. The molecule has 1 fully saturated rings. The fourth-order valence-electron chi connectivity index (χ4n) is 5.20. The Kier molecular flexibility index (Phi) is 13.8. The average Bonchev–Trinajstić information content (AvgIpc) is 3.49. The van der Waals surface area contributed by atoms with Crippen LogP contribution in [0.15, 0.2) is 60.7 Å². The first kappa shape index (κ1) is 35.1. The molecular formula is C34H41FN4O6. The molecule has 3 aromatic carbocycles. The molecule has 0 bridgehead atoms. The number of methoxy groups -OCH3 is 1. The smallest absolute Gasteiger partial charge is 0.241 e. The van der Waals surface area contributed by atoms with Crippen LogP contribution in [0, 0.1) is 5.82 Å². The van der Waals surface area contributed by atoms with E-state index in [0.29, 0.717) is 55.2 Å². The summed E-state index contributed by atoms with van der Waals surface area (Å²) in [6, 6.07) is 17.2. The van der Waals surface area contributed by atoms with Crippen LogP contribution in [-0.4, -0.2) is 89.3 Å². The summed E-state index contributed by atoms with van der Waals surface area (Å²) in [7, 11) is 4.25. The van der Waals surface area contributed by atoms with E-state index < -0.39 is 0 Å². The third kappa shape index (κ3) is 9.29. The highest BCUT2D eigenvalue weighted by Gasteiger charge is 2.27. The highest BCUT2D eigenvalue weighted by molar-refractivity contribution is 6.00. The molecule has 2 amide bonds. The van der Waals surface area contributed by atoms with E-state index in [0.717, 1.165) is 61.0 Å². The SMILES string of the molecule is C/C(=C(\Nc1ccc2c(c1)CCN2C(=O)CN1CCOCC1)c1ccc(F)cc1)c1ccc(C=O)cc1NC=O.CO.COC. The van der Waals surface area contributed by atoms with Gasteiger partial charge >= 0.3 is 0 Å². The molecule has 1 saturated heterocycles.